The second-order valence-electron chi connectivity index (χ2n) is 19.9. The number of ether oxygens (including phenoxy) is 5. The lowest BCUT2D eigenvalue weighted by Gasteiger charge is -2.45. The molecule has 19 heteroatoms. The van der Waals surface area contributed by atoms with Gasteiger partial charge in [0.25, 0.3) is 15.9 Å². The second-order valence-corrected chi connectivity index (χ2v) is 22.0. The molecule has 0 radical (unpaired) electrons. The van der Waals surface area contributed by atoms with Gasteiger partial charge in [0, 0.05) is 87.5 Å². The molecule has 5 aromatic rings. The monoisotopic (exact) mass is 1010 g/mol. The zero-order chi connectivity index (χ0) is 49.3. The largest absolute Gasteiger partial charge is 0.487 e. The highest BCUT2D eigenvalue weighted by atomic mass is 35.5. The molecule has 3 fully saturated rings. The molecule has 376 valence electrons. The normalized spacial score (nSPS) is 21.5. The first-order chi connectivity index (χ1) is 34.3. The Hall–Kier alpha value is -5.76. The van der Waals surface area contributed by atoms with Crippen molar-refractivity contribution in [3.63, 3.8) is 0 Å². The standard InChI is InChI=1S/C52H60ClN7O10S/c1-52(2)28-42(35-5-7-37(53)8-6-35)43-31-58-19-18-57(30-39(58)33-67-20-4-22-68-48(43)29-52)38-9-11-41(44(26-38)59-17-3-21-69-51-46(59)25-36-13-16-54-49(36)55-51)50(61)56-71(64,65)40-10-12-47(45(27-40)60(62)63)70-32-34-14-23-66-24-15-34/h5-13,16,25-27,34,39,48H,3-4,14-15,17-24,28-33H2,1-2H3,(H,54,55)(H,56,61)/t39-,48+/m0/s1. The van der Waals surface area contributed by atoms with Crippen LogP contribution in [0, 0.1) is 21.4 Å². The van der Waals surface area contributed by atoms with Gasteiger partial charge in [0.1, 0.15) is 11.3 Å². The van der Waals surface area contributed by atoms with E-state index >= 15 is 0 Å². The lowest BCUT2D eigenvalue weighted by atomic mass is 9.71. The Morgan fingerprint density at radius 1 is 0.958 bits per heavy atom. The molecule has 2 atom stereocenters. The quantitative estimate of drug-likeness (QED) is 0.1000. The van der Waals surface area contributed by atoms with Crippen LogP contribution in [0.25, 0.3) is 16.6 Å². The molecule has 1 amide bonds. The number of carbonyl (C=O) groups excluding carboxylic acids is 1. The number of pyridine rings is 1. The number of halogens is 1. The van der Waals surface area contributed by atoms with Crippen molar-refractivity contribution in [1.29, 1.82) is 0 Å². The summed E-state index contributed by atoms with van der Waals surface area (Å²) in [5.74, 6) is -0.438. The summed E-state index contributed by atoms with van der Waals surface area (Å²) >= 11 is 6.37. The molecule has 5 aliphatic rings. The van der Waals surface area contributed by atoms with Gasteiger partial charge in [-0.2, -0.15) is 4.98 Å². The smallest absolute Gasteiger partial charge is 0.312 e. The Balaban J connectivity index is 0.968. The number of nitro benzene ring substituents is 1. The number of rotatable bonds is 10. The van der Waals surface area contributed by atoms with Gasteiger partial charge in [-0.15, -0.1) is 0 Å². The number of carbonyl (C=O) groups is 1. The molecule has 0 saturated carbocycles. The highest BCUT2D eigenvalue weighted by molar-refractivity contribution is 7.90. The molecule has 10 rings (SSSR count). The minimum atomic E-state index is -4.63. The fourth-order valence-corrected chi connectivity index (χ4v) is 11.6. The third-order valence-corrected chi connectivity index (χ3v) is 15.9. The van der Waals surface area contributed by atoms with Crippen molar-refractivity contribution >= 4 is 66.9 Å². The van der Waals surface area contributed by atoms with Crippen molar-refractivity contribution in [3.8, 4) is 11.6 Å². The average molecular weight is 1010 g/mol. The van der Waals surface area contributed by atoms with Gasteiger partial charge in [0.2, 0.25) is 5.88 Å². The Morgan fingerprint density at radius 2 is 1.79 bits per heavy atom. The molecule has 1 aliphatic carbocycles. The van der Waals surface area contributed by atoms with Crippen LogP contribution >= 0.6 is 11.6 Å². The summed E-state index contributed by atoms with van der Waals surface area (Å²) in [6.07, 6.45) is 6.46. The van der Waals surface area contributed by atoms with E-state index in [9.17, 15) is 23.3 Å². The van der Waals surface area contributed by atoms with E-state index in [2.05, 4.69) is 45.5 Å². The average Bonchev–Trinajstić information content (AvgIpc) is 3.71. The summed E-state index contributed by atoms with van der Waals surface area (Å²) in [4.78, 5) is 40.4. The number of nitrogens with zero attached hydrogens (tertiary/aromatic N) is 5. The number of amides is 1. The van der Waals surface area contributed by atoms with E-state index in [0.29, 0.717) is 93.6 Å². The van der Waals surface area contributed by atoms with Gasteiger partial charge < -0.3 is 38.5 Å². The minimum Gasteiger partial charge on any atom is -0.487 e. The molecule has 6 heterocycles. The van der Waals surface area contributed by atoms with Crippen LogP contribution in [0.2, 0.25) is 5.02 Å². The molecule has 3 saturated heterocycles. The van der Waals surface area contributed by atoms with Crippen LogP contribution in [0.4, 0.5) is 22.7 Å². The Bertz CT molecular complexity index is 2920. The van der Waals surface area contributed by atoms with Gasteiger partial charge >= 0.3 is 5.69 Å². The van der Waals surface area contributed by atoms with Gasteiger partial charge in [-0.25, -0.2) is 13.1 Å². The van der Waals surface area contributed by atoms with Crippen molar-refractivity contribution in [2.75, 3.05) is 88.8 Å². The van der Waals surface area contributed by atoms with Crippen LogP contribution in [0.15, 0.2) is 89.5 Å². The van der Waals surface area contributed by atoms with Crippen LogP contribution in [0.3, 0.4) is 0 Å². The van der Waals surface area contributed by atoms with Crippen LogP contribution in [-0.4, -0.2) is 125 Å². The highest BCUT2D eigenvalue weighted by Gasteiger charge is 2.39. The molecule has 3 aromatic carbocycles. The molecular formula is C52H60ClN7O10S. The maximum atomic E-state index is 14.6. The van der Waals surface area contributed by atoms with Gasteiger partial charge in [-0.1, -0.05) is 37.6 Å². The molecule has 2 N–H and O–H groups in total. The number of sulfonamides is 1. The van der Waals surface area contributed by atoms with Gasteiger partial charge in [-0.3, -0.25) is 19.8 Å². The topological polar surface area (TPSA) is 191 Å². The van der Waals surface area contributed by atoms with E-state index in [4.69, 9.17) is 40.3 Å². The van der Waals surface area contributed by atoms with Gasteiger partial charge in [-0.05, 0) is 121 Å². The molecule has 0 unspecified atom stereocenters. The van der Waals surface area contributed by atoms with E-state index in [1.807, 2.05) is 41.3 Å². The van der Waals surface area contributed by atoms with Crippen LogP contribution in [0.5, 0.6) is 11.6 Å². The number of allylic oxidation sites excluding steroid dienone is 1. The first kappa shape index (κ1) is 48.8. The third kappa shape index (κ3) is 10.9. The molecule has 71 heavy (non-hydrogen) atoms. The summed E-state index contributed by atoms with van der Waals surface area (Å²) in [5.41, 5.74) is 5.92. The number of aromatic amines is 1. The first-order valence-electron chi connectivity index (χ1n) is 24.5. The molecule has 0 bridgehead atoms. The van der Waals surface area contributed by atoms with Crippen molar-refractivity contribution in [3.05, 3.63) is 111 Å². The predicted octanol–water partition coefficient (Wildman–Crippen LogP) is 8.54. The van der Waals surface area contributed by atoms with Crippen molar-refractivity contribution < 1.29 is 41.8 Å². The number of nitro groups is 1. The number of benzene rings is 3. The number of fused-ring (bicyclic) bond motifs is 4. The molecule has 17 nitrogen and oxygen atoms in total. The number of hydrogen-bond acceptors (Lipinski definition) is 14. The van der Waals surface area contributed by atoms with E-state index in [1.165, 1.54) is 23.3 Å². The summed E-state index contributed by atoms with van der Waals surface area (Å²) < 4.78 is 60.9. The second kappa shape index (κ2) is 20.8. The lowest BCUT2D eigenvalue weighted by Crippen LogP contribution is -2.56. The molecule has 2 aromatic heterocycles. The van der Waals surface area contributed by atoms with E-state index in [-0.39, 0.29) is 41.4 Å². The minimum absolute atomic E-state index is 0.00839. The van der Waals surface area contributed by atoms with E-state index in [1.54, 1.807) is 12.3 Å². The SMILES string of the molecule is CC1(C)CC(c2ccc(Cl)cc2)=C2CN3CCN(c4ccc(C(=O)NS(=O)(=O)c5ccc(OCC6CCOCC6)c([N+](=O)[O-])c5)c(N5CCCOc6nc7[nH]ccc7cc65)c4)C[C@H]3COCCCO[C@@H]2C1. The van der Waals surface area contributed by atoms with E-state index < -0.39 is 31.4 Å². The fraction of sp³-hybridized carbons (Fsp3) is 0.462. The van der Waals surface area contributed by atoms with Crippen molar-refractivity contribution in [2.45, 2.75) is 69.4 Å². The summed E-state index contributed by atoms with van der Waals surface area (Å²) in [6, 6.07) is 20.8. The number of H-pyrrole nitrogens is 1. The van der Waals surface area contributed by atoms with Crippen LogP contribution in [-0.2, 0) is 24.2 Å². The summed E-state index contributed by atoms with van der Waals surface area (Å²) in [6.45, 7) is 11.2. The molecule has 0 spiro atoms. The maximum absolute atomic E-state index is 14.6. The zero-order valence-corrected chi connectivity index (χ0v) is 41.6. The summed E-state index contributed by atoms with van der Waals surface area (Å²) in [5, 5.41) is 13.8. The number of piperazine rings is 1. The number of anilines is 3. The molecular weight excluding hydrogens is 950 g/mol. The molecule has 4 aliphatic heterocycles. The Kier molecular flexibility index (Phi) is 14.3. The van der Waals surface area contributed by atoms with Gasteiger partial charge in [0.05, 0.1) is 53.0 Å². The van der Waals surface area contributed by atoms with Crippen molar-refractivity contribution in [1.82, 2.24) is 19.6 Å². The number of aromatic nitrogens is 2. The predicted molar refractivity (Wildman–Crippen MR) is 271 cm³/mol. The lowest BCUT2D eigenvalue weighted by molar-refractivity contribution is -0.386. The number of hydrogen-bond donors (Lipinski definition) is 2. The first-order valence-corrected chi connectivity index (χ1v) is 26.4. The van der Waals surface area contributed by atoms with Gasteiger partial charge in [0.15, 0.2) is 5.75 Å². The van der Waals surface area contributed by atoms with E-state index in [0.717, 1.165) is 67.9 Å². The van der Waals surface area contributed by atoms with Crippen LogP contribution in [0.1, 0.15) is 68.3 Å². The Morgan fingerprint density at radius 3 is 2.61 bits per heavy atom. The maximum Gasteiger partial charge on any atom is 0.312 e. The zero-order valence-electron chi connectivity index (χ0n) is 40.1. The van der Waals surface area contributed by atoms with Crippen LogP contribution < -0.4 is 24.0 Å². The highest BCUT2D eigenvalue weighted by Crippen LogP contribution is 2.46. The number of nitrogens with one attached hydrogen (secondary N) is 2. The fourth-order valence-electron chi connectivity index (χ4n) is 10.5. The third-order valence-electron chi connectivity index (χ3n) is 14.3. The summed E-state index contributed by atoms with van der Waals surface area (Å²) in [7, 11) is -4.63. The Labute approximate surface area is 418 Å². The van der Waals surface area contributed by atoms with Crippen molar-refractivity contribution in [2.24, 2.45) is 11.3 Å².